The van der Waals surface area contributed by atoms with E-state index in [0.717, 1.165) is 0 Å². The maximum Gasteiger partial charge on any atom is 0.307 e. The Morgan fingerprint density at radius 1 is 1.35 bits per heavy atom. The van der Waals surface area contributed by atoms with Gasteiger partial charge in [-0.05, 0) is 26.0 Å². The highest BCUT2D eigenvalue weighted by Crippen LogP contribution is 2.16. The number of hydrogen-bond donors (Lipinski definition) is 1. The predicted molar refractivity (Wildman–Crippen MR) is 70.7 cm³/mol. The van der Waals surface area contributed by atoms with Gasteiger partial charge < -0.3 is 14.8 Å². The summed E-state index contributed by atoms with van der Waals surface area (Å²) in [5.74, 6) is -1.31. The first-order chi connectivity index (χ1) is 9.54. The molecule has 1 rings (SSSR count). The Hall–Kier alpha value is -2.11. The lowest BCUT2D eigenvalue weighted by atomic mass is 10.3. The Bertz CT molecular complexity index is 464. The number of hydrogen-bond acceptors (Lipinski definition) is 4. The lowest BCUT2D eigenvalue weighted by Crippen LogP contribution is -2.37. The number of rotatable bonds is 7. The molecule has 0 aliphatic heterocycles. The quantitative estimate of drug-likeness (QED) is 0.773. The van der Waals surface area contributed by atoms with Crippen LogP contribution in [0.3, 0.4) is 0 Å². The summed E-state index contributed by atoms with van der Waals surface area (Å²) in [6.45, 7) is 3.68. The molecule has 1 N–H and O–H groups in total. The summed E-state index contributed by atoms with van der Waals surface area (Å²) in [5.41, 5.74) is 0. The van der Waals surface area contributed by atoms with Gasteiger partial charge in [0.1, 0.15) is 0 Å². The predicted octanol–water partition coefficient (Wildman–Crippen LogP) is 1.66. The number of carbonyl (C=O) groups is 2. The molecule has 0 bridgehead atoms. The molecule has 0 spiro atoms. The number of esters is 1. The highest BCUT2D eigenvalue weighted by atomic mass is 19.1. The van der Waals surface area contributed by atoms with Gasteiger partial charge in [-0.3, -0.25) is 9.59 Å². The van der Waals surface area contributed by atoms with Crippen LogP contribution < -0.4 is 10.1 Å². The number of nitrogens with one attached hydrogen (secondary N) is 1. The molecule has 1 aromatic rings. The van der Waals surface area contributed by atoms with E-state index in [0.29, 0.717) is 6.61 Å². The summed E-state index contributed by atoms with van der Waals surface area (Å²) < 4.78 is 23.3. The van der Waals surface area contributed by atoms with Crippen molar-refractivity contribution in [2.75, 3.05) is 13.2 Å². The molecule has 0 fully saturated rings. The molecule has 1 atom stereocenters. The van der Waals surface area contributed by atoms with Gasteiger partial charge in [-0.15, -0.1) is 0 Å². The van der Waals surface area contributed by atoms with E-state index in [9.17, 15) is 14.0 Å². The molecule has 5 nitrogen and oxygen atoms in total. The van der Waals surface area contributed by atoms with E-state index < -0.39 is 17.8 Å². The van der Waals surface area contributed by atoms with Crippen LogP contribution in [0.15, 0.2) is 24.3 Å². The van der Waals surface area contributed by atoms with Gasteiger partial charge in [-0.1, -0.05) is 12.1 Å². The van der Waals surface area contributed by atoms with E-state index in [4.69, 9.17) is 9.47 Å². The topological polar surface area (TPSA) is 64.6 Å². The third-order valence-electron chi connectivity index (χ3n) is 2.44. The van der Waals surface area contributed by atoms with Crippen molar-refractivity contribution < 1.29 is 23.5 Å². The Balaban J connectivity index is 2.36. The molecule has 0 saturated carbocycles. The fraction of sp³-hybridized carbons (Fsp3) is 0.429. The van der Waals surface area contributed by atoms with E-state index >= 15 is 0 Å². The number of ether oxygens (including phenoxy) is 2. The van der Waals surface area contributed by atoms with Crippen molar-refractivity contribution in [2.24, 2.45) is 0 Å². The molecular weight excluding hydrogens is 265 g/mol. The minimum absolute atomic E-state index is 0.0144. The second-order valence-corrected chi connectivity index (χ2v) is 4.04. The number of amides is 1. The maximum absolute atomic E-state index is 13.3. The van der Waals surface area contributed by atoms with Crippen LogP contribution in [0.4, 0.5) is 4.39 Å². The average molecular weight is 283 g/mol. The summed E-state index contributed by atoms with van der Waals surface area (Å²) in [6, 6.07) is 5.84. The van der Waals surface area contributed by atoms with Crippen molar-refractivity contribution in [1.29, 1.82) is 0 Å². The molecule has 0 heterocycles. The zero-order valence-electron chi connectivity index (χ0n) is 11.5. The van der Waals surface area contributed by atoms with Crippen molar-refractivity contribution in [3.63, 3.8) is 0 Å². The van der Waals surface area contributed by atoms with Crippen molar-refractivity contribution >= 4 is 11.9 Å². The van der Waals surface area contributed by atoms with E-state index in [1.165, 1.54) is 25.1 Å². The Kier molecular flexibility index (Phi) is 6.49. The van der Waals surface area contributed by atoms with Crippen LogP contribution in [0.25, 0.3) is 0 Å². The third-order valence-corrected chi connectivity index (χ3v) is 2.44. The Morgan fingerprint density at radius 2 is 2.05 bits per heavy atom. The van der Waals surface area contributed by atoms with Crippen LogP contribution in [-0.4, -0.2) is 31.1 Å². The van der Waals surface area contributed by atoms with Crippen LogP contribution >= 0.6 is 0 Å². The third kappa shape index (κ3) is 5.26. The Labute approximate surface area is 117 Å². The molecule has 20 heavy (non-hydrogen) atoms. The minimum atomic E-state index is -0.853. The number of halogens is 1. The van der Waals surface area contributed by atoms with E-state index in [1.54, 1.807) is 13.0 Å². The van der Waals surface area contributed by atoms with Gasteiger partial charge >= 0.3 is 5.97 Å². The molecule has 1 amide bonds. The summed E-state index contributed by atoms with van der Waals surface area (Å²) in [4.78, 5) is 22.8. The lowest BCUT2D eigenvalue weighted by Gasteiger charge is -2.14. The van der Waals surface area contributed by atoms with Gasteiger partial charge in [0.2, 0.25) is 0 Å². The zero-order valence-corrected chi connectivity index (χ0v) is 11.5. The minimum Gasteiger partial charge on any atom is -0.478 e. The highest BCUT2D eigenvalue weighted by Gasteiger charge is 2.16. The van der Waals surface area contributed by atoms with Crippen LogP contribution in [0.5, 0.6) is 5.75 Å². The monoisotopic (exact) mass is 283 g/mol. The summed E-state index contributed by atoms with van der Waals surface area (Å²) >= 11 is 0. The van der Waals surface area contributed by atoms with Gasteiger partial charge in [0.25, 0.3) is 5.91 Å². The van der Waals surface area contributed by atoms with Gasteiger partial charge in [0.15, 0.2) is 17.7 Å². The van der Waals surface area contributed by atoms with Gasteiger partial charge in [-0.25, -0.2) is 4.39 Å². The maximum atomic E-state index is 13.3. The largest absolute Gasteiger partial charge is 0.478 e. The first-order valence-corrected chi connectivity index (χ1v) is 6.39. The molecule has 0 aromatic heterocycles. The zero-order chi connectivity index (χ0) is 15.0. The fourth-order valence-corrected chi connectivity index (χ4v) is 1.45. The van der Waals surface area contributed by atoms with Crippen LogP contribution in [0.2, 0.25) is 0 Å². The summed E-state index contributed by atoms with van der Waals surface area (Å²) in [6.07, 6.45) is -0.763. The first kappa shape index (κ1) is 15.9. The highest BCUT2D eigenvalue weighted by molar-refractivity contribution is 5.81. The van der Waals surface area contributed by atoms with E-state index in [1.807, 2.05) is 0 Å². The molecule has 1 unspecified atom stereocenters. The summed E-state index contributed by atoms with van der Waals surface area (Å²) in [7, 11) is 0. The fourth-order valence-electron chi connectivity index (χ4n) is 1.45. The smallest absolute Gasteiger partial charge is 0.307 e. The molecule has 110 valence electrons. The molecular formula is C14H18FNO4. The molecule has 6 heteroatoms. The van der Waals surface area contributed by atoms with Crippen LogP contribution in [0.1, 0.15) is 20.3 Å². The molecule has 1 aromatic carbocycles. The average Bonchev–Trinajstić information content (AvgIpc) is 2.41. The van der Waals surface area contributed by atoms with E-state index in [2.05, 4.69) is 5.32 Å². The van der Waals surface area contributed by atoms with Crippen molar-refractivity contribution in [3.05, 3.63) is 30.1 Å². The van der Waals surface area contributed by atoms with Gasteiger partial charge in [0, 0.05) is 6.54 Å². The van der Waals surface area contributed by atoms with Gasteiger partial charge in [0.05, 0.1) is 13.0 Å². The summed E-state index contributed by atoms with van der Waals surface area (Å²) in [5, 5.41) is 2.52. The van der Waals surface area contributed by atoms with Crippen molar-refractivity contribution in [2.45, 2.75) is 26.4 Å². The molecule has 0 aliphatic rings. The van der Waals surface area contributed by atoms with Crippen molar-refractivity contribution in [3.8, 4) is 5.75 Å². The van der Waals surface area contributed by atoms with Crippen LogP contribution in [0, 0.1) is 5.82 Å². The van der Waals surface area contributed by atoms with Gasteiger partial charge in [-0.2, -0.15) is 0 Å². The number of para-hydroxylation sites is 1. The van der Waals surface area contributed by atoms with E-state index in [-0.39, 0.29) is 24.7 Å². The SMILES string of the molecule is CCOC(=O)CCNC(=O)C(C)Oc1ccccc1F. The number of benzene rings is 1. The number of carbonyl (C=O) groups excluding carboxylic acids is 2. The Morgan fingerprint density at radius 3 is 2.70 bits per heavy atom. The molecule has 0 aliphatic carbocycles. The molecule has 0 radical (unpaired) electrons. The van der Waals surface area contributed by atoms with Crippen LogP contribution in [-0.2, 0) is 14.3 Å². The molecule has 0 saturated heterocycles. The normalized spacial score (nSPS) is 11.6. The second kappa shape index (κ2) is 8.14. The lowest BCUT2D eigenvalue weighted by molar-refractivity contribution is -0.143. The second-order valence-electron chi connectivity index (χ2n) is 4.04. The standard InChI is InChI=1S/C14H18FNO4/c1-3-19-13(17)8-9-16-14(18)10(2)20-12-7-5-4-6-11(12)15/h4-7,10H,3,8-9H2,1-2H3,(H,16,18). The van der Waals surface area contributed by atoms with Crippen molar-refractivity contribution in [1.82, 2.24) is 5.32 Å². The first-order valence-electron chi connectivity index (χ1n) is 6.39.